The second-order valence-electron chi connectivity index (χ2n) is 7.49. The van der Waals surface area contributed by atoms with Crippen LogP contribution in [0.5, 0.6) is 0 Å². The van der Waals surface area contributed by atoms with Crippen molar-refractivity contribution in [3.63, 3.8) is 0 Å². The first-order valence-corrected chi connectivity index (χ1v) is 11.4. The Morgan fingerprint density at radius 3 is 3.00 bits per heavy atom. The minimum absolute atomic E-state index is 0.0293. The van der Waals surface area contributed by atoms with Crippen LogP contribution in [0.25, 0.3) is 10.2 Å². The Labute approximate surface area is 166 Å². The highest BCUT2D eigenvalue weighted by molar-refractivity contribution is 7.99. The number of hydrogen-bond donors (Lipinski definition) is 1. The molecule has 8 heteroatoms. The average Bonchev–Trinajstić information content (AvgIpc) is 3.32. The molecule has 3 heterocycles. The van der Waals surface area contributed by atoms with E-state index in [0.29, 0.717) is 11.7 Å². The van der Waals surface area contributed by atoms with Crippen molar-refractivity contribution in [1.82, 2.24) is 14.9 Å². The summed E-state index contributed by atoms with van der Waals surface area (Å²) in [6.45, 7) is 5.14. The van der Waals surface area contributed by atoms with Crippen molar-refractivity contribution in [1.29, 1.82) is 0 Å². The molecule has 1 N–H and O–H groups in total. The lowest BCUT2D eigenvalue weighted by atomic mass is 10.2. The van der Waals surface area contributed by atoms with Gasteiger partial charge in [-0.25, -0.2) is 4.98 Å². The van der Waals surface area contributed by atoms with Gasteiger partial charge in [-0.15, -0.1) is 11.3 Å². The van der Waals surface area contributed by atoms with E-state index in [4.69, 9.17) is 9.72 Å². The first kappa shape index (κ1) is 19.0. The fourth-order valence-corrected chi connectivity index (χ4v) is 5.94. The van der Waals surface area contributed by atoms with Crippen LogP contribution in [0.2, 0.25) is 0 Å². The average molecular weight is 408 g/mol. The molecular weight excluding hydrogens is 382 g/mol. The molecule has 1 aliphatic carbocycles. The Morgan fingerprint density at radius 2 is 2.26 bits per heavy atom. The molecule has 1 aliphatic heterocycles. The molecule has 0 aromatic carbocycles. The third-order valence-corrected chi connectivity index (χ3v) is 7.14. The Bertz CT molecular complexity index is 913. The molecule has 2 aliphatic rings. The standard InChI is InChI=1S/C19H25N3O3S2/c1-11(2)20-15(23)10-26-19-21-17-16(13-6-3-7-14(13)27-17)18(24)22(19)9-12-5-4-8-25-12/h11-12H,3-10H2,1-2H3,(H,20,23)/t12-/m0/s1. The number of carbonyl (C=O) groups excluding carboxylic acids is 1. The SMILES string of the molecule is CC(C)NC(=O)CSc1nc2sc3c(c2c(=O)n1C[C@@H]1CCCO1)CCC3. The Kier molecular flexibility index (Phi) is 5.57. The molecule has 1 amide bonds. The molecule has 0 bridgehead atoms. The normalized spacial score (nSPS) is 19.1. The first-order valence-electron chi connectivity index (χ1n) is 9.61. The van der Waals surface area contributed by atoms with Crippen molar-refractivity contribution in [3.05, 3.63) is 20.8 Å². The van der Waals surface area contributed by atoms with Crippen LogP contribution >= 0.6 is 23.1 Å². The van der Waals surface area contributed by atoms with E-state index in [2.05, 4.69) is 5.32 Å². The summed E-state index contributed by atoms with van der Waals surface area (Å²) in [7, 11) is 0. The van der Waals surface area contributed by atoms with Gasteiger partial charge >= 0.3 is 0 Å². The van der Waals surface area contributed by atoms with Crippen molar-refractivity contribution >= 4 is 39.2 Å². The first-order chi connectivity index (χ1) is 13.0. The van der Waals surface area contributed by atoms with Crippen LogP contribution in [0.1, 0.15) is 43.6 Å². The third-order valence-electron chi connectivity index (χ3n) is 4.98. The number of nitrogens with one attached hydrogen (secondary N) is 1. The number of hydrogen-bond acceptors (Lipinski definition) is 6. The third kappa shape index (κ3) is 3.93. The van der Waals surface area contributed by atoms with E-state index in [1.807, 2.05) is 13.8 Å². The molecule has 146 valence electrons. The van der Waals surface area contributed by atoms with Gasteiger partial charge in [-0.05, 0) is 51.5 Å². The monoisotopic (exact) mass is 407 g/mol. The maximum atomic E-state index is 13.3. The summed E-state index contributed by atoms with van der Waals surface area (Å²) in [5, 5.41) is 4.31. The van der Waals surface area contributed by atoms with Crippen molar-refractivity contribution in [2.75, 3.05) is 12.4 Å². The van der Waals surface area contributed by atoms with E-state index in [1.54, 1.807) is 15.9 Å². The van der Waals surface area contributed by atoms with E-state index in [0.717, 1.165) is 48.9 Å². The zero-order valence-electron chi connectivity index (χ0n) is 15.7. The Morgan fingerprint density at radius 1 is 1.41 bits per heavy atom. The van der Waals surface area contributed by atoms with Gasteiger partial charge in [0.1, 0.15) is 4.83 Å². The number of ether oxygens (including phenoxy) is 1. The van der Waals surface area contributed by atoms with Crippen LogP contribution < -0.4 is 10.9 Å². The van der Waals surface area contributed by atoms with E-state index >= 15 is 0 Å². The molecular formula is C19H25N3O3S2. The zero-order valence-corrected chi connectivity index (χ0v) is 17.4. The van der Waals surface area contributed by atoms with Gasteiger partial charge in [-0.1, -0.05) is 11.8 Å². The predicted molar refractivity (Wildman–Crippen MR) is 109 cm³/mol. The number of thioether (sulfide) groups is 1. The summed E-state index contributed by atoms with van der Waals surface area (Å²) >= 11 is 2.98. The quantitative estimate of drug-likeness (QED) is 0.589. The summed E-state index contributed by atoms with van der Waals surface area (Å²) in [5.74, 6) is 0.217. The van der Waals surface area contributed by atoms with Crippen molar-refractivity contribution in [2.24, 2.45) is 0 Å². The van der Waals surface area contributed by atoms with Crippen molar-refractivity contribution in [2.45, 2.75) is 69.8 Å². The molecule has 0 saturated carbocycles. The topological polar surface area (TPSA) is 73.2 Å². The van der Waals surface area contributed by atoms with Gasteiger partial charge in [-0.3, -0.25) is 14.2 Å². The summed E-state index contributed by atoms with van der Waals surface area (Å²) in [4.78, 5) is 32.3. The van der Waals surface area contributed by atoms with Crippen LogP contribution in [-0.2, 0) is 28.9 Å². The van der Waals surface area contributed by atoms with E-state index in [9.17, 15) is 9.59 Å². The fourth-order valence-electron chi connectivity index (χ4n) is 3.82. The summed E-state index contributed by atoms with van der Waals surface area (Å²) in [6.07, 6.45) is 5.18. The molecule has 0 spiro atoms. The molecule has 2 aromatic heterocycles. The van der Waals surface area contributed by atoms with Crippen LogP contribution in [-0.4, -0.2) is 40.0 Å². The van der Waals surface area contributed by atoms with Crippen molar-refractivity contribution < 1.29 is 9.53 Å². The summed E-state index contributed by atoms with van der Waals surface area (Å²) in [5.41, 5.74) is 1.23. The number of amides is 1. The number of aryl methyl sites for hydroxylation is 2. The van der Waals surface area contributed by atoms with Crippen LogP contribution in [0.15, 0.2) is 9.95 Å². The molecule has 1 fully saturated rings. The number of thiophene rings is 1. The Hall–Kier alpha value is -1.38. The van der Waals surface area contributed by atoms with Gasteiger partial charge in [-0.2, -0.15) is 0 Å². The molecule has 1 atom stereocenters. The minimum Gasteiger partial charge on any atom is -0.376 e. The molecule has 27 heavy (non-hydrogen) atoms. The van der Waals surface area contributed by atoms with Crippen LogP contribution in [0, 0.1) is 0 Å². The lowest BCUT2D eigenvalue weighted by Crippen LogP contribution is -2.32. The van der Waals surface area contributed by atoms with Gasteiger partial charge in [0.25, 0.3) is 5.56 Å². The molecule has 0 unspecified atom stereocenters. The van der Waals surface area contributed by atoms with Gasteiger partial charge in [0, 0.05) is 17.5 Å². The molecule has 2 aromatic rings. The minimum atomic E-state index is -0.0401. The lowest BCUT2D eigenvalue weighted by Gasteiger charge is -2.16. The molecule has 6 nitrogen and oxygen atoms in total. The maximum Gasteiger partial charge on any atom is 0.263 e. The lowest BCUT2D eigenvalue weighted by molar-refractivity contribution is -0.119. The highest BCUT2D eigenvalue weighted by atomic mass is 32.2. The maximum absolute atomic E-state index is 13.3. The number of carbonyl (C=O) groups is 1. The van der Waals surface area contributed by atoms with E-state index < -0.39 is 0 Å². The fraction of sp³-hybridized carbons (Fsp3) is 0.632. The highest BCUT2D eigenvalue weighted by Crippen LogP contribution is 2.35. The number of nitrogens with zero attached hydrogens (tertiary/aromatic N) is 2. The van der Waals surface area contributed by atoms with Gasteiger partial charge < -0.3 is 10.1 Å². The second-order valence-corrected chi connectivity index (χ2v) is 9.52. The van der Waals surface area contributed by atoms with Gasteiger partial charge in [0.15, 0.2) is 5.16 Å². The molecule has 4 rings (SSSR count). The number of fused-ring (bicyclic) bond motifs is 3. The summed E-state index contributed by atoms with van der Waals surface area (Å²) < 4.78 is 7.50. The van der Waals surface area contributed by atoms with Crippen LogP contribution in [0.4, 0.5) is 0 Å². The largest absolute Gasteiger partial charge is 0.376 e. The number of aromatic nitrogens is 2. The number of rotatable bonds is 6. The van der Waals surface area contributed by atoms with Gasteiger partial charge in [0.2, 0.25) is 5.91 Å². The molecule has 1 saturated heterocycles. The van der Waals surface area contributed by atoms with E-state index in [1.165, 1.54) is 22.2 Å². The van der Waals surface area contributed by atoms with Crippen LogP contribution in [0.3, 0.4) is 0 Å². The second kappa shape index (κ2) is 7.93. The molecule has 0 radical (unpaired) electrons. The van der Waals surface area contributed by atoms with Crippen molar-refractivity contribution in [3.8, 4) is 0 Å². The highest BCUT2D eigenvalue weighted by Gasteiger charge is 2.25. The predicted octanol–water partition coefficient (Wildman–Crippen LogP) is 2.74. The summed E-state index contributed by atoms with van der Waals surface area (Å²) in [6, 6.07) is 0.0999. The van der Waals surface area contributed by atoms with Gasteiger partial charge in [0.05, 0.1) is 23.8 Å². The zero-order chi connectivity index (χ0) is 19.0. The van der Waals surface area contributed by atoms with E-state index in [-0.39, 0.29) is 29.4 Å². The Balaban J connectivity index is 1.69. The smallest absolute Gasteiger partial charge is 0.263 e.